The van der Waals surface area contributed by atoms with E-state index in [0.717, 1.165) is 31.9 Å². The fourth-order valence-electron chi connectivity index (χ4n) is 2.63. The normalized spacial score (nSPS) is 19.4. The Kier molecular flexibility index (Phi) is 5.54. The highest BCUT2D eigenvalue weighted by atomic mass is 16.5. The van der Waals surface area contributed by atoms with Gasteiger partial charge >= 0.3 is 0 Å². The van der Waals surface area contributed by atoms with Crippen LogP contribution in [0.3, 0.4) is 0 Å². The van der Waals surface area contributed by atoms with E-state index in [1.54, 1.807) is 0 Å². The first kappa shape index (κ1) is 15.4. The molecule has 1 aliphatic carbocycles. The maximum absolute atomic E-state index is 5.97. The van der Waals surface area contributed by atoms with Gasteiger partial charge in [-0.1, -0.05) is 26.0 Å². The van der Waals surface area contributed by atoms with Crippen LogP contribution >= 0.6 is 0 Å². The Hall–Kier alpha value is -0.940. The lowest BCUT2D eigenvalue weighted by molar-refractivity contribution is -0.0000933. The first-order valence-electron chi connectivity index (χ1n) is 7.80. The minimum Gasteiger partial charge on any atom is -0.376 e. The van der Waals surface area contributed by atoms with E-state index in [9.17, 15) is 0 Å². The summed E-state index contributed by atoms with van der Waals surface area (Å²) in [4.78, 5) is 0. The summed E-state index contributed by atoms with van der Waals surface area (Å²) in [6.07, 6.45) is 7.36. The van der Waals surface area contributed by atoms with Crippen molar-refractivity contribution in [3.05, 3.63) is 11.9 Å². The van der Waals surface area contributed by atoms with Gasteiger partial charge in [0, 0.05) is 12.7 Å². The molecule has 0 spiro atoms. The van der Waals surface area contributed by atoms with Crippen LogP contribution in [0.2, 0.25) is 0 Å². The summed E-state index contributed by atoms with van der Waals surface area (Å²) in [5.74, 6) is 0. The summed E-state index contributed by atoms with van der Waals surface area (Å²) >= 11 is 0. The van der Waals surface area contributed by atoms with Gasteiger partial charge in [-0.15, -0.1) is 5.10 Å². The topological polar surface area (TPSA) is 52.0 Å². The van der Waals surface area contributed by atoms with Crippen LogP contribution in [-0.4, -0.2) is 34.2 Å². The van der Waals surface area contributed by atoms with Gasteiger partial charge < -0.3 is 10.1 Å². The Labute approximate surface area is 122 Å². The summed E-state index contributed by atoms with van der Waals surface area (Å²) in [5.41, 5.74) is 1.50. The molecule has 0 aliphatic heterocycles. The van der Waals surface area contributed by atoms with Gasteiger partial charge in [-0.3, -0.25) is 0 Å². The third kappa shape index (κ3) is 4.87. The molecular weight excluding hydrogens is 252 g/mol. The molecule has 0 aromatic carbocycles. The van der Waals surface area contributed by atoms with Crippen molar-refractivity contribution < 1.29 is 4.74 Å². The number of rotatable bonds is 7. The zero-order valence-corrected chi connectivity index (χ0v) is 13.1. The highest BCUT2D eigenvalue weighted by molar-refractivity contribution is 4.91. The van der Waals surface area contributed by atoms with Gasteiger partial charge in [-0.05, 0) is 37.6 Å². The smallest absolute Gasteiger partial charge is 0.0964 e. The van der Waals surface area contributed by atoms with Gasteiger partial charge in [0.15, 0.2) is 0 Å². The number of hydrogen-bond donors (Lipinski definition) is 1. The molecule has 114 valence electrons. The fourth-order valence-corrected chi connectivity index (χ4v) is 2.63. The maximum Gasteiger partial charge on any atom is 0.0964 e. The van der Waals surface area contributed by atoms with Gasteiger partial charge in [0.2, 0.25) is 0 Å². The van der Waals surface area contributed by atoms with E-state index in [2.05, 4.69) is 36.4 Å². The monoisotopic (exact) mass is 280 g/mol. The molecule has 1 aromatic rings. The molecule has 5 nitrogen and oxygen atoms in total. The van der Waals surface area contributed by atoms with E-state index in [0.29, 0.717) is 11.5 Å². The number of nitrogens with one attached hydrogen (secondary N) is 1. The highest BCUT2D eigenvalue weighted by Gasteiger charge is 2.26. The lowest BCUT2D eigenvalue weighted by Crippen LogP contribution is -2.27. The highest BCUT2D eigenvalue weighted by Crippen LogP contribution is 2.36. The predicted molar refractivity (Wildman–Crippen MR) is 79.4 cm³/mol. The van der Waals surface area contributed by atoms with Crippen LogP contribution in [0.15, 0.2) is 6.20 Å². The molecule has 1 fully saturated rings. The van der Waals surface area contributed by atoms with E-state index < -0.39 is 0 Å². The van der Waals surface area contributed by atoms with Crippen molar-refractivity contribution in [1.82, 2.24) is 20.3 Å². The summed E-state index contributed by atoms with van der Waals surface area (Å²) < 4.78 is 7.84. The van der Waals surface area contributed by atoms with Crippen molar-refractivity contribution in [2.45, 2.75) is 65.6 Å². The van der Waals surface area contributed by atoms with Crippen LogP contribution in [0.5, 0.6) is 0 Å². The molecule has 0 radical (unpaired) electrons. The Morgan fingerprint density at radius 1 is 1.40 bits per heavy atom. The van der Waals surface area contributed by atoms with Crippen molar-refractivity contribution in [1.29, 1.82) is 0 Å². The van der Waals surface area contributed by atoms with Crippen LogP contribution in [0.25, 0.3) is 0 Å². The van der Waals surface area contributed by atoms with Crippen molar-refractivity contribution in [3.63, 3.8) is 0 Å². The van der Waals surface area contributed by atoms with Crippen LogP contribution in [0, 0.1) is 5.41 Å². The number of hydrogen-bond acceptors (Lipinski definition) is 4. The Morgan fingerprint density at radius 3 is 2.85 bits per heavy atom. The van der Waals surface area contributed by atoms with Crippen molar-refractivity contribution in [2.75, 3.05) is 13.2 Å². The van der Waals surface area contributed by atoms with E-state index >= 15 is 0 Å². The second-order valence-corrected chi connectivity index (χ2v) is 6.49. The van der Waals surface area contributed by atoms with Gasteiger partial charge in [0.05, 0.1) is 24.9 Å². The molecule has 5 heteroatoms. The number of aromatic nitrogens is 3. The largest absolute Gasteiger partial charge is 0.376 e. The minimum atomic E-state index is 0.438. The summed E-state index contributed by atoms with van der Waals surface area (Å²) in [7, 11) is 0. The van der Waals surface area contributed by atoms with E-state index in [-0.39, 0.29) is 0 Å². The molecule has 1 N–H and O–H groups in total. The van der Waals surface area contributed by atoms with Gasteiger partial charge in [-0.25, -0.2) is 4.68 Å². The summed E-state index contributed by atoms with van der Waals surface area (Å²) in [6.45, 7) is 10.1. The Bertz CT molecular complexity index is 392. The fraction of sp³-hybridized carbons (Fsp3) is 0.867. The Morgan fingerprint density at radius 2 is 2.15 bits per heavy atom. The molecular formula is C15H28N4O. The zero-order chi connectivity index (χ0) is 14.4. The van der Waals surface area contributed by atoms with E-state index in [1.807, 2.05) is 10.9 Å². The lowest BCUT2D eigenvalue weighted by Gasteiger charge is -2.34. The van der Waals surface area contributed by atoms with E-state index in [1.165, 1.54) is 25.7 Å². The van der Waals surface area contributed by atoms with Gasteiger partial charge in [0.1, 0.15) is 0 Å². The summed E-state index contributed by atoms with van der Waals surface area (Å²) in [6, 6.07) is 0. The third-order valence-corrected chi connectivity index (χ3v) is 4.10. The first-order valence-corrected chi connectivity index (χ1v) is 7.80. The van der Waals surface area contributed by atoms with Crippen molar-refractivity contribution in [3.8, 4) is 0 Å². The third-order valence-electron chi connectivity index (χ3n) is 4.10. The first-order chi connectivity index (χ1) is 9.59. The number of ether oxygens (including phenoxy) is 1. The molecule has 0 atom stereocenters. The van der Waals surface area contributed by atoms with Gasteiger partial charge in [0.25, 0.3) is 0 Å². The average Bonchev–Trinajstić information content (AvgIpc) is 2.86. The molecule has 0 saturated heterocycles. The number of nitrogens with zero attached hydrogens (tertiary/aromatic N) is 3. The maximum atomic E-state index is 5.97. The molecule has 0 amide bonds. The molecule has 2 rings (SSSR count). The van der Waals surface area contributed by atoms with E-state index in [4.69, 9.17) is 4.74 Å². The lowest BCUT2D eigenvalue weighted by atomic mass is 9.76. The standard InChI is InChI=1S/C15H28N4O/c1-4-16-11-13-12-19(18-17-13)9-10-20-14-5-7-15(2,3)8-6-14/h12,14,16H,4-11H2,1-3H3. The van der Waals surface area contributed by atoms with Crippen LogP contribution in [0.4, 0.5) is 0 Å². The molecule has 1 saturated carbocycles. The van der Waals surface area contributed by atoms with Crippen LogP contribution < -0.4 is 5.32 Å². The molecule has 0 bridgehead atoms. The molecule has 0 unspecified atom stereocenters. The van der Waals surface area contributed by atoms with Crippen molar-refractivity contribution in [2.24, 2.45) is 5.41 Å². The second-order valence-electron chi connectivity index (χ2n) is 6.49. The summed E-state index contributed by atoms with van der Waals surface area (Å²) in [5, 5.41) is 11.5. The van der Waals surface area contributed by atoms with Crippen LogP contribution in [-0.2, 0) is 17.8 Å². The molecule has 1 aliphatic rings. The molecule has 1 aromatic heterocycles. The Balaban J connectivity index is 1.64. The zero-order valence-electron chi connectivity index (χ0n) is 13.1. The predicted octanol–water partition coefficient (Wildman–Crippen LogP) is 2.37. The minimum absolute atomic E-state index is 0.438. The SMILES string of the molecule is CCNCc1cn(CCOC2CCC(C)(C)CC2)nn1. The second kappa shape index (κ2) is 7.18. The molecule has 20 heavy (non-hydrogen) atoms. The van der Waals surface area contributed by atoms with Crippen molar-refractivity contribution >= 4 is 0 Å². The quantitative estimate of drug-likeness (QED) is 0.833. The average molecular weight is 280 g/mol. The van der Waals surface area contributed by atoms with Crippen LogP contribution in [0.1, 0.15) is 52.1 Å². The van der Waals surface area contributed by atoms with Gasteiger partial charge in [-0.2, -0.15) is 0 Å². The molecule has 1 heterocycles.